The van der Waals surface area contributed by atoms with Gasteiger partial charge in [0.2, 0.25) is 5.89 Å². The summed E-state index contributed by atoms with van der Waals surface area (Å²) in [5.74, 6) is 0.736. The normalized spacial score (nSPS) is 10.9. The molecule has 0 aliphatic carbocycles. The number of aromatic nitrogens is 2. The van der Waals surface area contributed by atoms with Crippen LogP contribution in [0.2, 0.25) is 0 Å². The van der Waals surface area contributed by atoms with Crippen LogP contribution in [0.5, 0.6) is 5.75 Å². The van der Waals surface area contributed by atoms with Gasteiger partial charge < -0.3 is 14.5 Å². The number of rotatable bonds is 4. The molecule has 29 heavy (non-hydrogen) atoms. The minimum atomic E-state index is -0.259. The zero-order valence-corrected chi connectivity index (χ0v) is 17.7. The molecule has 0 radical (unpaired) electrons. The molecule has 0 aliphatic heterocycles. The van der Waals surface area contributed by atoms with E-state index in [1.54, 1.807) is 25.4 Å². The van der Waals surface area contributed by atoms with Gasteiger partial charge in [0, 0.05) is 21.9 Å². The standard InChI is InChI=1S/C22H18BrN3O3/c1-12-6-7-14(22-26-20-18(29-22)5-4-8-24-20)10-17(12)25-21(27)16-11-15(23)9-13(2)19(16)28-3/h4-11H,1-3H3,(H,25,27). The zero-order chi connectivity index (χ0) is 20.5. The highest BCUT2D eigenvalue weighted by molar-refractivity contribution is 9.10. The van der Waals surface area contributed by atoms with E-state index in [2.05, 4.69) is 31.2 Å². The van der Waals surface area contributed by atoms with E-state index in [1.807, 2.05) is 44.2 Å². The molecular weight excluding hydrogens is 434 g/mol. The lowest BCUT2D eigenvalue weighted by Crippen LogP contribution is -2.14. The molecule has 4 rings (SSSR count). The number of ether oxygens (including phenoxy) is 1. The molecule has 0 spiro atoms. The fourth-order valence-electron chi connectivity index (χ4n) is 3.14. The molecule has 0 saturated carbocycles. The summed E-state index contributed by atoms with van der Waals surface area (Å²) in [6, 6.07) is 12.9. The minimum absolute atomic E-state index is 0.259. The molecule has 2 heterocycles. The molecule has 146 valence electrons. The fraction of sp³-hybridized carbons (Fsp3) is 0.136. The van der Waals surface area contributed by atoms with E-state index in [0.717, 1.165) is 21.2 Å². The quantitative estimate of drug-likeness (QED) is 0.441. The van der Waals surface area contributed by atoms with Crippen molar-refractivity contribution in [2.45, 2.75) is 13.8 Å². The number of carbonyl (C=O) groups is 1. The van der Waals surface area contributed by atoms with Crippen molar-refractivity contribution in [1.29, 1.82) is 0 Å². The van der Waals surface area contributed by atoms with Gasteiger partial charge in [0.05, 0.1) is 12.7 Å². The van der Waals surface area contributed by atoms with Crippen LogP contribution >= 0.6 is 15.9 Å². The number of methoxy groups -OCH3 is 1. The summed E-state index contributed by atoms with van der Waals surface area (Å²) in [6.07, 6.45) is 1.67. The van der Waals surface area contributed by atoms with Crippen molar-refractivity contribution in [2.24, 2.45) is 0 Å². The van der Waals surface area contributed by atoms with Gasteiger partial charge in [-0.05, 0) is 61.4 Å². The Morgan fingerprint density at radius 3 is 2.72 bits per heavy atom. The Morgan fingerprint density at radius 1 is 1.14 bits per heavy atom. The van der Waals surface area contributed by atoms with Crippen molar-refractivity contribution in [3.05, 3.63) is 69.8 Å². The first-order chi connectivity index (χ1) is 14.0. The average molecular weight is 452 g/mol. The molecule has 2 aromatic heterocycles. The van der Waals surface area contributed by atoms with Crippen molar-refractivity contribution in [2.75, 3.05) is 12.4 Å². The monoisotopic (exact) mass is 451 g/mol. The van der Waals surface area contributed by atoms with E-state index in [-0.39, 0.29) is 5.91 Å². The molecule has 2 aromatic carbocycles. The third-order valence-electron chi connectivity index (χ3n) is 4.59. The number of anilines is 1. The SMILES string of the molecule is COc1c(C)cc(Br)cc1C(=O)Nc1cc(-c2nc3ncccc3o2)ccc1C. The van der Waals surface area contributed by atoms with Crippen LogP contribution in [0, 0.1) is 13.8 Å². The smallest absolute Gasteiger partial charge is 0.259 e. The number of nitrogens with one attached hydrogen (secondary N) is 1. The van der Waals surface area contributed by atoms with Crippen molar-refractivity contribution < 1.29 is 13.9 Å². The lowest BCUT2D eigenvalue weighted by Gasteiger charge is -2.14. The number of aryl methyl sites for hydroxylation is 2. The number of nitrogens with zero attached hydrogens (tertiary/aromatic N) is 2. The lowest BCUT2D eigenvalue weighted by atomic mass is 10.1. The Kier molecular flexibility index (Phi) is 5.07. The van der Waals surface area contributed by atoms with Crippen molar-refractivity contribution in [1.82, 2.24) is 9.97 Å². The second-order valence-electron chi connectivity index (χ2n) is 6.63. The summed E-state index contributed by atoms with van der Waals surface area (Å²) in [6.45, 7) is 3.82. The first kappa shape index (κ1) is 19.1. The highest BCUT2D eigenvalue weighted by Crippen LogP contribution is 2.31. The largest absolute Gasteiger partial charge is 0.496 e. The van der Waals surface area contributed by atoms with Crippen molar-refractivity contribution in [3.8, 4) is 17.2 Å². The molecule has 6 nitrogen and oxygen atoms in total. The predicted octanol–water partition coefficient (Wildman–Crippen LogP) is 5.53. The molecule has 0 saturated heterocycles. The molecule has 7 heteroatoms. The van der Waals surface area contributed by atoms with Crippen molar-refractivity contribution in [3.63, 3.8) is 0 Å². The van der Waals surface area contributed by atoms with E-state index in [4.69, 9.17) is 9.15 Å². The number of carbonyl (C=O) groups excluding carboxylic acids is 1. The lowest BCUT2D eigenvalue weighted by molar-refractivity contribution is 0.102. The van der Waals surface area contributed by atoms with E-state index in [1.165, 1.54) is 0 Å². The fourth-order valence-corrected chi connectivity index (χ4v) is 3.71. The van der Waals surface area contributed by atoms with Gasteiger partial charge >= 0.3 is 0 Å². The third-order valence-corrected chi connectivity index (χ3v) is 5.04. The average Bonchev–Trinajstić information content (AvgIpc) is 3.13. The van der Waals surface area contributed by atoms with E-state index < -0.39 is 0 Å². The summed E-state index contributed by atoms with van der Waals surface area (Å²) in [4.78, 5) is 21.6. The maximum atomic E-state index is 13.0. The van der Waals surface area contributed by atoms with E-state index >= 15 is 0 Å². The van der Waals surface area contributed by atoms with E-state index in [0.29, 0.717) is 34.1 Å². The molecule has 0 bridgehead atoms. The van der Waals surface area contributed by atoms with E-state index in [9.17, 15) is 4.79 Å². The Morgan fingerprint density at radius 2 is 1.97 bits per heavy atom. The van der Waals surface area contributed by atoms with Gasteiger partial charge in [-0.3, -0.25) is 4.79 Å². The predicted molar refractivity (Wildman–Crippen MR) is 115 cm³/mol. The van der Waals surface area contributed by atoms with Crippen LogP contribution in [0.25, 0.3) is 22.7 Å². The van der Waals surface area contributed by atoms with Gasteiger partial charge in [-0.15, -0.1) is 0 Å². The molecular formula is C22H18BrN3O3. The molecule has 1 amide bonds. The Bertz CT molecular complexity index is 1200. The van der Waals surface area contributed by atoms with Crippen LogP contribution in [0.3, 0.4) is 0 Å². The van der Waals surface area contributed by atoms with Gasteiger partial charge in [0.15, 0.2) is 11.2 Å². The maximum Gasteiger partial charge on any atom is 0.259 e. The van der Waals surface area contributed by atoms with Crippen LogP contribution < -0.4 is 10.1 Å². The van der Waals surface area contributed by atoms with Gasteiger partial charge in [-0.1, -0.05) is 22.0 Å². The molecule has 4 aromatic rings. The second kappa shape index (κ2) is 7.67. The molecule has 0 fully saturated rings. The van der Waals surface area contributed by atoms with Crippen molar-refractivity contribution >= 4 is 38.8 Å². The molecule has 0 atom stereocenters. The zero-order valence-electron chi connectivity index (χ0n) is 16.1. The van der Waals surface area contributed by atoms with Crippen LogP contribution in [0.15, 0.2) is 57.6 Å². The summed E-state index contributed by atoms with van der Waals surface area (Å²) in [5.41, 5.74) is 4.82. The summed E-state index contributed by atoms with van der Waals surface area (Å²) in [5, 5.41) is 2.97. The summed E-state index contributed by atoms with van der Waals surface area (Å²) < 4.78 is 12.0. The third kappa shape index (κ3) is 3.73. The van der Waals surface area contributed by atoms with Gasteiger partial charge in [0.25, 0.3) is 5.91 Å². The highest BCUT2D eigenvalue weighted by atomic mass is 79.9. The molecule has 0 aliphatic rings. The first-order valence-electron chi connectivity index (χ1n) is 8.94. The number of amides is 1. The van der Waals surface area contributed by atoms with Gasteiger partial charge in [-0.25, -0.2) is 4.98 Å². The number of fused-ring (bicyclic) bond motifs is 1. The number of benzene rings is 2. The highest BCUT2D eigenvalue weighted by Gasteiger charge is 2.17. The number of hydrogen-bond acceptors (Lipinski definition) is 5. The molecule has 0 unspecified atom stereocenters. The van der Waals surface area contributed by atoms with Crippen LogP contribution in [-0.4, -0.2) is 23.0 Å². The summed E-state index contributed by atoms with van der Waals surface area (Å²) >= 11 is 3.44. The Labute approximate surface area is 176 Å². The first-order valence-corrected chi connectivity index (χ1v) is 9.73. The number of halogens is 1. The number of hydrogen-bond donors (Lipinski definition) is 1. The number of pyridine rings is 1. The Balaban J connectivity index is 1.69. The minimum Gasteiger partial charge on any atom is -0.496 e. The second-order valence-corrected chi connectivity index (χ2v) is 7.55. The topological polar surface area (TPSA) is 77.2 Å². The number of oxazole rings is 1. The molecule has 1 N–H and O–H groups in total. The maximum absolute atomic E-state index is 13.0. The summed E-state index contributed by atoms with van der Waals surface area (Å²) in [7, 11) is 1.56. The van der Waals surface area contributed by atoms with Gasteiger partial charge in [-0.2, -0.15) is 4.98 Å². The van der Waals surface area contributed by atoms with Gasteiger partial charge in [0.1, 0.15) is 5.75 Å². The van der Waals surface area contributed by atoms with Crippen LogP contribution in [0.1, 0.15) is 21.5 Å². The Hall–Kier alpha value is -3.19. The van der Waals surface area contributed by atoms with Crippen LogP contribution in [0.4, 0.5) is 5.69 Å². The van der Waals surface area contributed by atoms with Crippen LogP contribution in [-0.2, 0) is 0 Å².